The minimum absolute atomic E-state index is 0.948. The highest BCUT2D eigenvalue weighted by Gasteiger charge is 2.43. The lowest BCUT2D eigenvalue weighted by Gasteiger charge is -2.22. The van der Waals surface area contributed by atoms with Crippen LogP contribution in [0.25, 0.3) is 48.8 Å². The molecule has 0 saturated heterocycles. The van der Waals surface area contributed by atoms with Crippen molar-refractivity contribution in [2.45, 2.75) is 156 Å². The molecule has 6 aromatic heterocycles. The van der Waals surface area contributed by atoms with Gasteiger partial charge < -0.3 is 13.3 Å². The average Bonchev–Trinajstić information content (AvgIpc) is 4.14. The van der Waals surface area contributed by atoms with Gasteiger partial charge in [0.2, 0.25) is 0 Å². The summed E-state index contributed by atoms with van der Waals surface area (Å²) in [5.41, 5.74) is 4.23. The van der Waals surface area contributed by atoms with Crippen LogP contribution in [0, 0.1) is 0 Å². The second kappa shape index (κ2) is 25.1. The largest absolute Gasteiger partial charge is 0.546 e. The molecule has 0 spiro atoms. The fourth-order valence-corrected chi connectivity index (χ4v) is 18.5. The van der Waals surface area contributed by atoms with Gasteiger partial charge >= 0.3 is 8.80 Å². The number of aryl methyl sites for hydroxylation is 4. The maximum absolute atomic E-state index is 5.83. The van der Waals surface area contributed by atoms with Gasteiger partial charge in [0.25, 0.3) is 0 Å². The highest BCUT2D eigenvalue weighted by atomic mass is 32.1. The standard InChI is InChI=1S/C51H70O3S6Si/c1-8-12-13-14-15-16-17-18-19-20-21-22-23-24-25-26-27-40-28-29-43(55-40)49-37(9-2)34-46(58-49)41-30-32-44(56-41)50-38(10-3)35-47(59-50)42-31-33-45(57-42)51-39(11-4)36-48(60-51)61(52-5,53-6)54-7/h28-36H,8-27H2,1-7H3. The molecule has 0 unspecified atom stereocenters. The molecule has 0 amide bonds. The minimum atomic E-state index is -2.89. The summed E-state index contributed by atoms with van der Waals surface area (Å²) in [7, 11) is 2.17. The molecule has 0 aliphatic rings. The number of rotatable bonds is 29. The Hall–Kier alpha value is -1.70. The monoisotopic (exact) mass is 950 g/mol. The van der Waals surface area contributed by atoms with Crippen molar-refractivity contribution >= 4 is 81.3 Å². The van der Waals surface area contributed by atoms with E-state index in [1.165, 1.54) is 175 Å². The Bertz CT molecular complexity index is 2160. The van der Waals surface area contributed by atoms with E-state index in [2.05, 4.69) is 82.3 Å². The summed E-state index contributed by atoms with van der Waals surface area (Å²) in [4.78, 5) is 15.3. The van der Waals surface area contributed by atoms with Crippen molar-refractivity contribution in [3.8, 4) is 48.8 Å². The number of unbranched alkanes of at least 4 members (excludes halogenated alkanes) is 15. The van der Waals surface area contributed by atoms with E-state index in [1.54, 1.807) is 37.5 Å². The van der Waals surface area contributed by atoms with Gasteiger partial charge in [0, 0.05) is 75.0 Å². The van der Waals surface area contributed by atoms with Crippen molar-refractivity contribution in [1.82, 2.24) is 0 Å². The van der Waals surface area contributed by atoms with E-state index >= 15 is 0 Å². The van der Waals surface area contributed by atoms with Crippen LogP contribution in [-0.2, 0) is 39.0 Å². The van der Waals surface area contributed by atoms with Gasteiger partial charge in [-0.15, -0.1) is 68.0 Å². The molecule has 0 radical (unpaired) electrons. The smallest absolute Gasteiger partial charge is 0.373 e. The lowest BCUT2D eigenvalue weighted by atomic mass is 10.0. The summed E-state index contributed by atoms with van der Waals surface area (Å²) in [6.07, 6.45) is 27.0. The minimum Gasteiger partial charge on any atom is -0.373 e. The SMILES string of the molecule is CCCCCCCCCCCCCCCCCCc1ccc(-c2sc(-c3ccc(-c4sc(-c5ccc(-c6sc([Si](OC)(OC)OC)cc6CC)s5)cc4CC)s3)cc2CC)s1. The maximum Gasteiger partial charge on any atom is 0.546 e. The second-order valence-corrected chi connectivity index (χ2v) is 26.0. The van der Waals surface area contributed by atoms with Crippen LogP contribution in [0.3, 0.4) is 0 Å². The van der Waals surface area contributed by atoms with E-state index in [0.717, 1.165) is 23.8 Å². The van der Waals surface area contributed by atoms with Crippen molar-refractivity contribution in [1.29, 1.82) is 0 Å². The summed E-state index contributed by atoms with van der Waals surface area (Å²) < 4.78 is 18.6. The van der Waals surface area contributed by atoms with Gasteiger partial charge in [0.05, 0.1) is 4.50 Å². The van der Waals surface area contributed by atoms with Gasteiger partial charge in [-0.3, -0.25) is 0 Å². The molecule has 0 saturated carbocycles. The zero-order chi connectivity index (χ0) is 43.0. The summed E-state index contributed by atoms with van der Waals surface area (Å²) in [6, 6.07) is 21.2. The van der Waals surface area contributed by atoms with E-state index in [1.807, 2.05) is 56.7 Å². The van der Waals surface area contributed by atoms with E-state index < -0.39 is 8.80 Å². The van der Waals surface area contributed by atoms with Crippen LogP contribution in [0.5, 0.6) is 0 Å². The molecule has 6 rings (SSSR count). The first-order valence-corrected chi connectivity index (χ1v) is 29.9. The molecule has 0 aromatic carbocycles. The third kappa shape index (κ3) is 12.8. The van der Waals surface area contributed by atoms with Crippen LogP contribution in [-0.4, -0.2) is 30.1 Å². The molecule has 6 heterocycles. The second-order valence-electron chi connectivity index (χ2n) is 16.3. The zero-order valence-electron chi connectivity index (χ0n) is 38.0. The molecule has 0 aliphatic carbocycles. The molecule has 332 valence electrons. The Kier molecular flexibility index (Phi) is 20.1. The van der Waals surface area contributed by atoms with Gasteiger partial charge in [-0.2, -0.15) is 0 Å². The van der Waals surface area contributed by atoms with E-state index in [-0.39, 0.29) is 0 Å². The molecule has 61 heavy (non-hydrogen) atoms. The predicted molar refractivity (Wildman–Crippen MR) is 279 cm³/mol. The fraction of sp³-hybridized carbons (Fsp3) is 0.529. The van der Waals surface area contributed by atoms with Crippen molar-refractivity contribution in [2.75, 3.05) is 21.3 Å². The van der Waals surface area contributed by atoms with Crippen molar-refractivity contribution in [3.05, 3.63) is 76.2 Å². The van der Waals surface area contributed by atoms with Crippen LogP contribution in [0.2, 0.25) is 0 Å². The summed E-state index contributed by atoms with van der Waals surface area (Å²) in [5, 5.41) is 0. The molecule has 0 atom stereocenters. The van der Waals surface area contributed by atoms with Gasteiger partial charge in [-0.1, -0.05) is 124 Å². The molecular weight excluding hydrogens is 881 g/mol. The molecule has 0 aliphatic heterocycles. The lowest BCUT2D eigenvalue weighted by Crippen LogP contribution is -2.53. The molecule has 0 bridgehead atoms. The molecule has 0 N–H and O–H groups in total. The van der Waals surface area contributed by atoms with Crippen LogP contribution in [0.15, 0.2) is 54.6 Å². The number of hydrogen-bond donors (Lipinski definition) is 0. The first kappa shape index (κ1) is 48.7. The Balaban J connectivity index is 1.01. The van der Waals surface area contributed by atoms with E-state index in [0.29, 0.717) is 0 Å². The topological polar surface area (TPSA) is 27.7 Å². The summed E-state index contributed by atoms with van der Waals surface area (Å²) >= 11 is 11.6. The van der Waals surface area contributed by atoms with Crippen LogP contribution < -0.4 is 4.50 Å². The highest BCUT2D eigenvalue weighted by Crippen LogP contribution is 2.49. The van der Waals surface area contributed by atoms with Crippen LogP contribution >= 0.6 is 68.0 Å². The predicted octanol–water partition coefficient (Wildman–Crippen LogP) is 18.0. The highest BCUT2D eigenvalue weighted by molar-refractivity contribution is 7.32. The van der Waals surface area contributed by atoms with E-state index in [4.69, 9.17) is 13.3 Å². The Labute approximate surface area is 394 Å². The van der Waals surface area contributed by atoms with Gasteiger partial charge in [-0.25, -0.2) is 0 Å². The van der Waals surface area contributed by atoms with Crippen molar-refractivity contribution < 1.29 is 13.3 Å². The van der Waals surface area contributed by atoms with E-state index in [9.17, 15) is 0 Å². The quantitative estimate of drug-likeness (QED) is 0.0346. The van der Waals surface area contributed by atoms with Crippen LogP contribution in [0.1, 0.15) is 152 Å². The Morgan fingerprint density at radius 1 is 0.377 bits per heavy atom. The first-order valence-electron chi connectivity index (χ1n) is 23.2. The first-order chi connectivity index (χ1) is 29.9. The fourth-order valence-electron chi connectivity index (χ4n) is 8.31. The Morgan fingerprint density at radius 2 is 0.754 bits per heavy atom. The number of hydrogen-bond acceptors (Lipinski definition) is 9. The zero-order valence-corrected chi connectivity index (χ0v) is 43.9. The third-order valence-corrected chi connectivity index (χ3v) is 23.0. The summed E-state index contributed by atoms with van der Waals surface area (Å²) in [6.45, 7) is 9.12. The molecule has 0 fully saturated rings. The molecule has 10 heteroatoms. The maximum atomic E-state index is 5.83. The summed E-state index contributed by atoms with van der Waals surface area (Å²) in [5.74, 6) is 0. The molecular formula is C51H70O3S6Si. The van der Waals surface area contributed by atoms with Gasteiger partial charge in [0.1, 0.15) is 0 Å². The average molecular weight is 952 g/mol. The molecule has 6 aromatic rings. The Morgan fingerprint density at radius 3 is 1.20 bits per heavy atom. The van der Waals surface area contributed by atoms with Crippen LogP contribution in [0.4, 0.5) is 0 Å². The van der Waals surface area contributed by atoms with Gasteiger partial charge in [0.15, 0.2) is 0 Å². The normalized spacial score (nSPS) is 12.0. The van der Waals surface area contributed by atoms with Crippen molar-refractivity contribution in [2.24, 2.45) is 0 Å². The third-order valence-electron chi connectivity index (χ3n) is 12.0. The van der Waals surface area contributed by atoms with Gasteiger partial charge in [-0.05, 0) is 103 Å². The van der Waals surface area contributed by atoms with Crippen molar-refractivity contribution in [3.63, 3.8) is 0 Å². The number of thiophene rings is 6. The lowest BCUT2D eigenvalue weighted by molar-refractivity contribution is 0.141. The molecule has 3 nitrogen and oxygen atoms in total.